The molecule has 0 saturated heterocycles. The monoisotopic (exact) mass is 460 g/mol. The lowest BCUT2D eigenvalue weighted by Crippen LogP contribution is -2.01. The predicted molar refractivity (Wildman–Crippen MR) is 96.2 cm³/mol. The fraction of sp³-hybridized carbons (Fsp3) is 0.125. The van der Waals surface area contributed by atoms with E-state index in [9.17, 15) is 13.2 Å². The van der Waals surface area contributed by atoms with Gasteiger partial charge >= 0.3 is 6.01 Å². The summed E-state index contributed by atoms with van der Waals surface area (Å²) in [5.41, 5.74) is -0.169. The van der Waals surface area contributed by atoms with Crippen LogP contribution in [0, 0.1) is 21.0 Å². The minimum absolute atomic E-state index is 0.00223. The van der Waals surface area contributed by atoms with Gasteiger partial charge in [0.1, 0.15) is 5.82 Å². The number of nitrogens with one attached hydrogen (secondary N) is 2. The minimum atomic E-state index is -1.17. The van der Waals surface area contributed by atoms with Crippen LogP contribution in [0.15, 0.2) is 34.7 Å². The molecule has 0 aliphatic carbocycles. The van der Waals surface area contributed by atoms with Crippen molar-refractivity contribution in [2.45, 2.75) is 6.92 Å². The Morgan fingerprint density at radius 1 is 1.08 bits per heavy atom. The Labute approximate surface area is 154 Å². The van der Waals surface area contributed by atoms with E-state index >= 15 is 0 Å². The zero-order chi connectivity index (χ0) is 18.0. The van der Waals surface area contributed by atoms with Gasteiger partial charge in [-0.1, -0.05) is 5.10 Å². The average Bonchev–Trinajstić information content (AvgIpc) is 3.03. The van der Waals surface area contributed by atoms with E-state index in [-0.39, 0.29) is 28.8 Å². The van der Waals surface area contributed by atoms with E-state index in [1.807, 2.05) is 29.5 Å². The predicted octanol–water partition coefficient (Wildman–Crippen LogP) is 4.93. The minimum Gasteiger partial charge on any atom is -0.403 e. The Morgan fingerprint density at radius 3 is 2.60 bits per heavy atom. The lowest BCUT2D eigenvalue weighted by molar-refractivity contribution is 0.511. The molecule has 25 heavy (non-hydrogen) atoms. The van der Waals surface area contributed by atoms with Crippen LogP contribution in [0.3, 0.4) is 0 Å². The summed E-state index contributed by atoms with van der Waals surface area (Å²) in [6.45, 7) is 2.40. The van der Waals surface area contributed by atoms with Crippen molar-refractivity contribution < 1.29 is 17.6 Å². The van der Waals surface area contributed by atoms with Crippen LogP contribution in [0.1, 0.15) is 6.92 Å². The first-order valence-corrected chi connectivity index (χ1v) is 8.35. The van der Waals surface area contributed by atoms with E-state index in [1.165, 1.54) is 18.2 Å². The van der Waals surface area contributed by atoms with Crippen LogP contribution < -0.4 is 10.6 Å². The Kier molecular flexibility index (Phi) is 5.11. The molecular formula is C16H12F3IN4O. The fourth-order valence-electron chi connectivity index (χ4n) is 2.13. The smallest absolute Gasteiger partial charge is 0.315 e. The van der Waals surface area contributed by atoms with Crippen molar-refractivity contribution in [2.24, 2.45) is 0 Å². The second kappa shape index (κ2) is 7.30. The highest BCUT2D eigenvalue weighted by atomic mass is 127. The number of aromatic nitrogens is 2. The first-order valence-electron chi connectivity index (χ1n) is 7.27. The Balaban J connectivity index is 2.06. The normalized spacial score (nSPS) is 10.8. The van der Waals surface area contributed by atoms with Crippen molar-refractivity contribution in [1.82, 2.24) is 10.2 Å². The molecule has 1 aromatic heterocycles. The van der Waals surface area contributed by atoms with E-state index in [4.69, 9.17) is 4.42 Å². The zero-order valence-corrected chi connectivity index (χ0v) is 15.1. The van der Waals surface area contributed by atoms with Crippen LogP contribution in [0.5, 0.6) is 0 Å². The number of benzene rings is 2. The Hall–Kier alpha value is -2.30. The van der Waals surface area contributed by atoms with Crippen molar-refractivity contribution in [3.8, 4) is 11.5 Å². The molecule has 9 heteroatoms. The number of anilines is 3. The van der Waals surface area contributed by atoms with Crippen molar-refractivity contribution in [3.63, 3.8) is 0 Å². The highest BCUT2D eigenvalue weighted by molar-refractivity contribution is 14.1. The molecule has 2 aromatic carbocycles. The maximum Gasteiger partial charge on any atom is 0.315 e. The maximum atomic E-state index is 14.3. The largest absolute Gasteiger partial charge is 0.403 e. The molecule has 130 valence electrons. The molecule has 0 aliphatic rings. The van der Waals surface area contributed by atoms with Gasteiger partial charge in [0.2, 0.25) is 0 Å². The molecule has 0 aliphatic heterocycles. The molecular weight excluding hydrogens is 448 g/mol. The van der Waals surface area contributed by atoms with E-state index < -0.39 is 17.5 Å². The summed E-state index contributed by atoms with van der Waals surface area (Å²) in [5, 5.41) is 13.0. The first kappa shape index (κ1) is 17.5. The van der Waals surface area contributed by atoms with Gasteiger partial charge < -0.3 is 15.1 Å². The average molecular weight is 460 g/mol. The number of nitrogens with zero attached hydrogens (tertiary/aromatic N) is 2. The number of rotatable bonds is 5. The zero-order valence-electron chi connectivity index (χ0n) is 12.9. The second-order valence-electron chi connectivity index (χ2n) is 4.98. The lowest BCUT2D eigenvalue weighted by Gasteiger charge is -2.12. The number of hydrogen-bond acceptors (Lipinski definition) is 5. The molecule has 3 aromatic rings. The highest BCUT2D eigenvalue weighted by Gasteiger charge is 2.20. The van der Waals surface area contributed by atoms with Gasteiger partial charge in [0, 0.05) is 10.1 Å². The summed E-state index contributed by atoms with van der Waals surface area (Å²) in [5.74, 6) is -2.87. The SMILES string of the molecule is CCNc1nnc(-c2ccc(F)c(F)c2Nc2ccc(I)cc2F)o1. The summed E-state index contributed by atoms with van der Waals surface area (Å²) >= 11 is 1.95. The van der Waals surface area contributed by atoms with E-state index in [0.29, 0.717) is 10.1 Å². The quantitative estimate of drug-likeness (QED) is 0.529. The van der Waals surface area contributed by atoms with Crippen LogP contribution >= 0.6 is 22.6 Å². The molecule has 0 unspecified atom stereocenters. The first-order chi connectivity index (χ1) is 12.0. The van der Waals surface area contributed by atoms with Crippen LogP contribution in [0.4, 0.5) is 30.6 Å². The van der Waals surface area contributed by atoms with Crippen LogP contribution in [0.25, 0.3) is 11.5 Å². The molecule has 0 bridgehead atoms. The molecule has 0 radical (unpaired) electrons. The molecule has 0 atom stereocenters. The van der Waals surface area contributed by atoms with E-state index in [0.717, 1.165) is 6.07 Å². The molecule has 5 nitrogen and oxygen atoms in total. The van der Waals surface area contributed by atoms with Gasteiger partial charge in [-0.3, -0.25) is 0 Å². The summed E-state index contributed by atoms with van der Waals surface area (Å²) in [7, 11) is 0. The maximum absolute atomic E-state index is 14.3. The standard InChI is InChI=1S/C16H12F3IN4O/c1-2-21-16-24-23-15(25-16)9-4-5-10(17)13(19)14(9)22-12-6-3-8(20)7-11(12)18/h3-7,22H,2H2,1H3,(H,21,24). The highest BCUT2D eigenvalue weighted by Crippen LogP contribution is 2.34. The summed E-state index contributed by atoms with van der Waals surface area (Å²) < 4.78 is 48.1. The van der Waals surface area contributed by atoms with Gasteiger partial charge in [-0.05, 0) is 59.8 Å². The van der Waals surface area contributed by atoms with Crippen molar-refractivity contribution in [1.29, 1.82) is 0 Å². The number of halogens is 4. The third-order valence-electron chi connectivity index (χ3n) is 3.27. The molecule has 1 heterocycles. The van der Waals surface area contributed by atoms with Gasteiger partial charge in [0.05, 0.1) is 16.9 Å². The van der Waals surface area contributed by atoms with Gasteiger partial charge in [0.25, 0.3) is 5.89 Å². The van der Waals surface area contributed by atoms with Gasteiger partial charge in [-0.2, -0.15) is 0 Å². The van der Waals surface area contributed by atoms with Gasteiger partial charge in [0.15, 0.2) is 11.6 Å². The van der Waals surface area contributed by atoms with Gasteiger partial charge in [-0.25, -0.2) is 13.2 Å². The third kappa shape index (κ3) is 3.70. The molecule has 3 rings (SSSR count). The summed E-state index contributed by atoms with van der Waals surface area (Å²) in [4.78, 5) is 0. The molecule has 0 saturated carbocycles. The lowest BCUT2D eigenvalue weighted by atomic mass is 10.1. The van der Waals surface area contributed by atoms with E-state index in [1.54, 1.807) is 6.07 Å². The Morgan fingerprint density at radius 2 is 1.88 bits per heavy atom. The third-order valence-corrected chi connectivity index (χ3v) is 3.94. The molecule has 2 N–H and O–H groups in total. The topological polar surface area (TPSA) is 63.0 Å². The van der Waals surface area contributed by atoms with Crippen LogP contribution in [0.2, 0.25) is 0 Å². The fourth-order valence-corrected chi connectivity index (χ4v) is 2.58. The van der Waals surface area contributed by atoms with Crippen LogP contribution in [-0.4, -0.2) is 16.7 Å². The molecule has 0 spiro atoms. The molecule has 0 fully saturated rings. The van der Waals surface area contributed by atoms with Gasteiger partial charge in [-0.15, -0.1) is 5.10 Å². The Bertz CT molecular complexity index is 916. The molecule has 0 amide bonds. The number of hydrogen-bond donors (Lipinski definition) is 2. The summed E-state index contributed by atoms with van der Waals surface area (Å²) in [6.07, 6.45) is 0. The van der Waals surface area contributed by atoms with Crippen LogP contribution in [-0.2, 0) is 0 Å². The van der Waals surface area contributed by atoms with Crippen molar-refractivity contribution in [2.75, 3.05) is 17.2 Å². The summed E-state index contributed by atoms with van der Waals surface area (Å²) in [6, 6.07) is 6.72. The van der Waals surface area contributed by atoms with E-state index in [2.05, 4.69) is 20.8 Å². The van der Waals surface area contributed by atoms with Crippen molar-refractivity contribution in [3.05, 3.63) is 51.4 Å². The van der Waals surface area contributed by atoms with Crippen molar-refractivity contribution >= 4 is 40.0 Å². The second-order valence-corrected chi connectivity index (χ2v) is 6.22.